The Labute approximate surface area is 189 Å². The predicted molar refractivity (Wildman–Crippen MR) is 119 cm³/mol. The van der Waals surface area contributed by atoms with Gasteiger partial charge in [-0.3, -0.25) is 4.79 Å². The topological polar surface area (TPSA) is 99.5 Å². The summed E-state index contributed by atoms with van der Waals surface area (Å²) < 4.78 is 11.2. The van der Waals surface area contributed by atoms with E-state index in [2.05, 4.69) is 15.2 Å². The van der Waals surface area contributed by atoms with E-state index in [1.807, 2.05) is 18.2 Å². The van der Waals surface area contributed by atoms with Crippen LogP contribution < -0.4 is 5.32 Å². The second-order valence-corrected chi connectivity index (χ2v) is 6.98. The third kappa shape index (κ3) is 6.29. The Hall–Kier alpha value is -3.91. The third-order valence-electron chi connectivity index (χ3n) is 4.35. The van der Waals surface area contributed by atoms with Gasteiger partial charge in [-0.15, -0.1) is 0 Å². The quantitative estimate of drug-likeness (QED) is 0.413. The molecular weight excluding hydrogens is 434 g/mol. The maximum Gasteiger partial charge on any atom is 0.337 e. The molecule has 0 bridgehead atoms. The number of ether oxygens (including phenoxy) is 2. The van der Waals surface area contributed by atoms with Crippen LogP contribution in [0.15, 0.2) is 66.9 Å². The molecule has 0 atom stereocenters. The number of nitrogens with zero attached hydrogens (tertiary/aromatic N) is 2. The number of amides is 1. The number of anilines is 1. The maximum atomic E-state index is 12.2. The standard InChI is InChI=1S/C23H20ClN3O5/c1-31-23(30)17-9-6-16(7-10-17)8-11-22(29)32-15-21(28)26-20-12-13-25-27(20)14-18-4-2-3-5-19(18)24/h2-13H,14-15H2,1H3,(H,26,28)/b11-8+. The summed E-state index contributed by atoms with van der Waals surface area (Å²) in [7, 11) is 1.30. The highest BCUT2D eigenvalue weighted by Crippen LogP contribution is 2.18. The molecule has 3 aromatic rings. The van der Waals surface area contributed by atoms with E-state index in [4.69, 9.17) is 16.3 Å². The van der Waals surface area contributed by atoms with Crippen LogP contribution >= 0.6 is 11.6 Å². The van der Waals surface area contributed by atoms with E-state index >= 15 is 0 Å². The lowest BCUT2D eigenvalue weighted by Crippen LogP contribution is -2.22. The summed E-state index contributed by atoms with van der Waals surface area (Å²) in [6.45, 7) is -0.0820. The number of methoxy groups -OCH3 is 1. The van der Waals surface area contributed by atoms with E-state index in [1.54, 1.807) is 47.3 Å². The van der Waals surface area contributed by atoms with Crippen LogP contribution in [0.1, 0.15) is 21.5 Å². The average Bonchev–Trinajstić information content (AvgIpc) is 3.24. The molecule has 0 fully saturated rings. The third-order valence-corrected chi connectivity index (χ3v) is 4.72. The van der Waals surface area contributed by atoms with Crippen molar-refractivity contribution in [3.05, 3.63) is 88.6 Å². The van der Waals surface area contributed by atoms with Crippen LogP contribution in [0, 0.1) is 0 Å². The van der Waals surface area contributed by atoms with Crippen molar-refractivity contribution in [1.29, 1.82) is 0 Å². The van der Waals surface area contributed by atoms with Gasteiger partial charge in [0.25, 0.3) is 5.91 Å². The van der Waals surface area contributed by atoms with E-state index in [1.165, 1.54) is 19.3 Å². The molecule has 0 aliphatic rings. The van der Waals surface area contributed by atoms with Gasteiger partial charge < -0.3 is 14.8 Å². The van der Waals surface area contributed by atoms with Crippen LogP contribution in [-0.2, 0) is 25.6 Å². The van der Waals surface area contributed by atoms with Crippen LogP contribution in [0.25, 0.3) is 6.08 Å². The van der Waals surface area contributed by atoms with E-state index in [0.717, 1.165) is 5.56 Å². The molecular formula is C23H20ClN3O5. The van der Waals surface area contributed by atoms with Gasteiger partial charge in [-0.05, 0) is 35.4 Å². The van der Waals surface area contributed by atoms with Crippen LogP contribution in [0.5, 0.6) is 0 Å². The molecule has 164 valence electrons. The van der Waals surface area contributed by atoms with Gasteiger partial charge >= 0.3 is 11.9 Å². The number of esters is 2. The molecule has 8 nitrogen and oxygen atoms in total. The Morgan fingerprint density at radius 2 is 1.84 bits per heavy atom. The number of benzene rings is 2. The predicted octanol–water partition coefficient (Wildman–Crippen LogP) is 3.57. The first-order valence-corrected chi connectivity index (χ1v) is 9.92. The monoisotopic (exact) mass is 453 g/mol. The Balaban J connectivity index is 1.49. The SMILES string of the molecule is COC(=O)c1ccc(/C=C/C(=O)OCC(=O)Nc2ccnn2Cc2ccccc2Cl)cc1. The molecule has 0 aliphatic heterocycles. The summed E-state index contributed by atoms with van der Waals surface area (Å²) >= 11 is 6.17. The highest BCUT2D eigenvalue weighted by molar-refractivity contribution is 6.31. The number of carbonyl (C=O) groups is 3. The summed E-state index contributed by atoms with van der Waals surface area (Å²) in [4.78, 5) is 35.5. The Bertz CT molecular complexity index is 1140. The van der Waals surface area contributed by atoms with Gasteiger partial charge in [-0.1, -0.05) is 41.9 Å². The summed E-state index contributed by atoms with van der Waals surface area (Å²) in [6.07, 6.45) is 4.26. The van der Waals surface area contributed by atoms with Crippen molar-refractivity contribution in [2.75, 3.05) is 19.0 Å². The maximum absolute atomic E-state index is 12.2. The molecule has 0 saturated carbocycles. The zero-order chi connectivity index (χ0) is 22.9. The molecule has 9 heteroatoms. The molecule has 1 N–H and O–H groups in total. The van der Waals surface area contributed by atoms with E-state index in [0.29, 0.717) is 28.5 Å². The molecule has 1 amide bonds. The number of halogens is 1. The highest BCUT2D eigenvalue weighted by Gasteiger charge is 2.11. The Morgan fingerprint density at radius 1 is 1.09 bits per heavy atom. The molecule has 0 aliphatic carbocycles. The molecule has 0 radical (unpaired) electrons. The van der Waals surface area contributed by atoms with Crippen LogP contribution in [-0.4, -0.2) is 41.3 Å². The van der Waals surface area contributed by atoms with Crippen molar-refractivity contribution in [2.24, 2.45) is 0 Å². The van der Waals surface area contributed by atoms with Gasteiger partial charge in [0, 0.05) is 17.2 Å². The fraction of sp³-hybridized carbons (Fsp3) is 0.130. The lowest BCUT2D eigenvalue weighted by atomic mass is 10.1. The van der Waals surface area contributed by atoms with Crippen LogP contribution in [0.2, 0.25) is 5.02 Å². The number of rotatable bonds is 8. The molecule has 0 unspecified atom stereocenters. The normalized spacial score (nSPS) is 10.7. The van der Waals surface area contributed by atoms with Gasteiger partial charge in [-0.2, -0.15) is 5.10 Å². The molecule has 0 spiro atoms. The van der Waals surface area contributed by atoms with E-state index in [9.17, 15) is 14.4 Å². The van der Waals surface area contributed by atoms with Gasteiger partial charge in [0.2, 0.25) is 0 Å². The number of hydrogen-bond donors (Lipinski definition) is 1. The molecule has 0 saturated heterocycles. The highest BCUT2D eigenvalue weighted by atomic mass is 35.5. The summed E-state index contributed by atoms with van der Waals surface area (Å²) in [5.74, 6) is -1.18. The smallest absolute Gasteiger partial charge is 0.337 e. The summed E-state index contributed by atoms with van der Waals surface area (Å²) in [6, 6.07) is 15.4. The molecule has 2 aromatic carbocycles. The molecule has 3 rings (SSSR count). The second-order valence-electron chi connectivity index (χ2n) is 6.57. The minimum Gasteiger partial charge on any atom is -0.465 e. The van der Waals surface area contributed by atoms with Gasteiger partial charge in [0.1, 0.15) is 5.82 Å². The number of carbonyl (C=O) groups excluding carboxylic acids is 3. The van der Waals surface area contributed by atoms with Gasteiger partial charge in [-0.25, -0.2) is 14.3 Å². The van der Waals surface area contributed by atoms with Crippen molar-refractivity contribution in [2.45, 2.75) is 6.54 Å². The van der Waals surface area contributed by atoms with Crippen LogP contribution in [0.4, 0.5) is 5.82 Å². The zero-order valence-corrected chi connectivity index (χ0v) is 17.9. The first-order chi connectivity index (χ1) is 15.5. The first-order valence-electron chi connectivity index (χ1n) is 9.54. The van der Waals surface area contributed by atoms with Crippen LogP contribution in [0.3, 0.4) is 0 Å². The Morgan fingerprint density at radius 3 is 2.56 bits per heavy atom. The molecule has 32 heavy (non-hydrogen) atoms. The van der Waals surface area contributed by atoms with E-state index in [-0.39, 0.29) is 0 Å². The fourth-order valence-corrected chi connectivity index (χ4v) is 2.92. The van der Waals surface area contributed by atoms with Crippen molar-refractivity contribution in [1.82, 2.24) is 9.78 Å². The number of hydrogen-bond acceptors (Lipinski definition) is 6. The number of aromatic nitrogens is 2. The minimum absolute atomic E-state index is 0.375. The van der Waals surface area contributed by atoms with Gasteiger partial charge in [0.05, 0.1) is 25.4 Å². The first kappa shape index (κ1) is 22.8. The molecule has 1 aromatic heterocycles. The lowest BCUT2D eigenvalue weighted by Gasteiger charge is -2.10. The van der Waals surface area contributed by atoms with Gasteiger partial charge in [0.15, 0.2) is 6.61 Å². The van der Waals surface area contributed by atoms with Crippen molar-refractivity contribution in [3.8, 4) is 0 Å². The summed E-state index contributed by atoms with van der Waals surface area (Å²) in [5.41, 5.74) is 1.93. The van der Waals surface area contributed by atoms with Crippen molar-refractivity contribution >= 4 is 41.3 Å². The van der Waals surface area contributed by atoms with Crippen molar-refractivity contribution in [3.63, 3.8) is 0 Å². The zero-order valence-electron chi connectivity index (χ0n) is 17.2. The minimum atomic E-state index is -0.679. The average molecular weight is 454 g/mol. The Kier molecular flexibility index (Phi) is 7.77. The summed E-state index contributed by atoms with van der Waals surface area (Å²) in [5, 5.41) is 7.43. The fourth-order valence-electron chi connectivity index (χ4n) is 2.73. The van der Waals surface area contributed by atoms with E-state index < -0.39 is 24.5 Å². The largest absolute Gasteiger partial charge is 0.465 e. The molecule has 1 heterocycles. The van der Waals surface area contributed by atoms with Crippen molar-refractivity contribution < 1.29 is 23.9 Å². The second kappa shape index (κ2) is 10.9. The number of nitrogens with one attached hydrogen (secondary N) is 1. The lowest BCUT2D eigenvalue weighted by molar-refractivity contribution is -0.142.